The number of benzene rings is 8. The molecule has 0 amide bonds. The van der Waals surface area contributed by atoms with E-state index in [-0.39, 0.29) is 19.5 Å². The zero-order valence-corrected chi connectivity index (χ0v) is 43.6. The van der Waals surface area contributed by atoms with E-state index in [2.05, 4.69) is 146 Å². The number of rotatable bonds is 8. The van der Waals surface area contributed by atoms with Crippen molar-refractivity contribution in [3.05, 3.63) is 194 Å². The molecule has 0 spiro atoms. The van der Waals surface area contributed by atoms with E-state index < -0.39 is 0 Å². The second-order valence-corrected chi connectivity index (χ2v) is 17.8. The summed E-state index contributed by atoms with van der Waals surface area (Å²) in [6, 6.07) is 66.9. The van der Waals surface area contributed by atoms with Crippen LogP contribution < -0.4 is 28.9 Å². The molecule has 0 atom stereocenters. The normalized spacial score (nSPS) is 11.5. The minimum absolute atomic E-state index is 0. The van der Waals surface area contributed by atoms with E-state index in [9.17, 15) is 0 Å². The molecule has 346 valence electrons. The van der Waals surface area contributed by atoms with Crippen molar-refractivity contribution in [3.8, 4) is 113 Å². The van der Waals surface area contributed by atoms with E-state index in [4.69, 9.17) is 38.9 Å². The number of nitrogens with zero attached hydrogens (tertiary/aromatic N) is 4. The van der Waals surface area contributed by atoms with Gasteiger partial charge in [-0.15, -0.1) is 22.1 Å². The van der Waals surface area contributed by atoms with Crippen LogP contribution in [0, 0.1) is 0 Å². The van der Waals surface area contributed by atoms with Crippen LogP contribution in [-0.2, 0) is 19.5 Å². The van der Waals surface area contributed by atoms with E-state index in [1.165, 1.54) is 0 Å². The van der Waals surface area contributed by atoms with Gasteiger partial charge in [-0.3, -0.25) is 0 Å². The molecule has 9 heteroatoms. The van der Waals surface area contributed by atoms with Gasteiger partial charge >= 0.3 is 19.5 Å². The summed E-state index contributed by atoms with van der Waals surface area (Å²) in [5, 5.41) is 3.93. The van der Waals surface area contributed by atoms with Gasteiger partial charge in [0, 0.05) is 22.3 Å². The molecular formula is C64H44N4O4Zn. The monoisotopic (exact) mass is 996 g/mol. The largest absolute Gasteiger partial charge is 2.00 e. The van der Waals surface area contributed by atoms with E-state index in [0.717, 1.165) is 156 Å². The Labute approximate surface area is 434 Å². The fourth-order valence-corrected chi connectivity index (χ4v) is 10.6. The fraction of sp³-hybridized carbons (Fsp3) is 0.0625. The first kappa shape index (κ1) is 45.4. The Morgan fingerprint density at radius 1 is 0.274 bits per heavy atom. The number of hydrogen-bond donors (Lipinski definition) is 0. The predicted molar refractivity (Wildman–Crippen MR) is 291 cm³/mol. The van der Waals surface area contributed by atoms with Gasteiger partial charge in [0.1, 0.15) is 23.0 Å². The average Bonchev–Trinajstić information content (AvgIpc) is 4.22. The molecule has 1 aliphatic carbocycles. The van der Waals surface area contributed by atoms with E-state index in [1.54, 1.807) is 28.4 Å². The van der Waals surface area contributed by atoms with Crippen molar-refractivity contribution in [2.45, 2.75) is 0 Å². The smallest absolute Gasteiger partial charge is 0.656 e. The summed E-state index contributed by atoms with van der Waals surface area (Å²) >= 11 is 0. The Morgan fingerprint density at radius 3 is 0.685 bits per heavy atom. The summed E-state index contributed by atoms with van der Waals surface area (Å²) in [7, 11) is 6.76. The average molecular weight is 998 g/mol. The number of hydrogen-bond acceptors (Lipinski definition) is 6. The predicted octanol–water partition coefficient (Wildman–Crippen LogP) is 15.2. The molecule has 73 heavy (non-hydrogen) atoms. The summed E-state index contributed by atoms with van der Waals surface area (Å²) in [5.74, 6) is 3.00. The van der Waals surface area contributed by atoms with Gasteiger partial charge in [-0.1, -0.05) is 146 Å². The molecule has 8 aromatic carbocycles. The molecule has 2 aromatic heterocycles. The standard InChI is InChI=1S/C64H44N4O4.Zn/c1-69-41-29-21-37(22-30-41)53-57-45-13-5-7-15-47(45)59(65-57)54(38-23-31-42(70-2)32-24-38)61-49-17-9-11-19-51(49)63(67-61)56(40-27-35-44(72-4)36-28-40)64-52-20-12-10-18-50(52)62(68-64)55(39-25-33-43(71-3)34-26-39)60-48-16-8-6-14-46(48)58(53)66-60;/h5-36H,1-4H3;/q-2;+2. The molecule has 0 fully saturated rings. The summed E-state index contributed by atoms with van der Waals surface area (Å²) in [6.07, 6.45) is 0. The van der Waals surface area contributed by atoms with Crippen LogP contribution in [0.15, 0.2) is 194 Å². The summed E-state index contributed by atoms with van der Waals surface area (Å²) < 4.78 is 22.9. The summed E-state index contributed by atoms with van der Waals surface area (Å²) in [4.78, 5) is 23.5. The molecule has 8 nitrogen and oxygen atoms in total. The van der Waals surface area contributed by atoms with Crippen LogP contribution in [0.5, 0.6) is 23.0 Å². The third kappa shape index (κ3) is 7.38. The number of aromatic nitrogens is 4. The summed E-state index contributed by atoms with van der Waals surface area (Å²) in [5.41, 5.74) is 17.6. The first-order valence-electron chi connectivity index (χ1n) is 23.8. The second-order valence-electron chi connectivity index (χ2n) is 17.8. The molecule has 0 saturated heterocycles. The van der Waals surface area contributed by atoms with Crippen LogP contribution in [0.1, 0.15) is 0 Å². The van der Waals surface area contributed by atoms with E-state index >= 15 is 0 Å². The van der Waals surface area contributed by atoms with Crippen LogP contribution in [0.25, 0.3) is 133 Å². The molecule has 0 N–H and O–H groups in total. The van der Waals surface area contributed by atoms with Gasteiger partial charge in [0.25, 0.3) is 0 Å². The molecule has 10 aromatic rings. The quantitative estimate of drug-likeness (QED) is 0.139. The summed E-state index contributed by atoms with van der Waals surface area (Å²) in [6.45, 7) is 0. The zero-order valence-electron chi connectivity index (χ0n) is 40.6. The van der Waals surface area contributed by atoms with Crippen molar-refractivity contribution in [2.75, 3.05) is 28.4 Å². The Kier molecular flexibility index (Phi) is 11.5. The third-order valence-corrected chi connectivity index (χ3v) is 14.1. The van der Waals surface area contributed by atoms with E-state index in [0.29, 0.717) is 0 Å². The molecule has 13 rings (SSSR count). The topological polar surface area (TPSA) is 90.9 Å². The van der Waals surface area contributed by atoms with Gasteiger partial charge in [-0.2, -0.15) is 0 Å². The molecule has 2 aliphatic heterocycles. The molecular weight excluding hydrogens is 954 g/mol. The maximum Gasteiger partial charge on any atom is 2.00 e. The molecule has 8 bridgehead atoms. The van der Waals surface area contributed by atoms with Crippen LogP contribution >= 0.6 is 0 Å². The zero-order chi connectivity index (χ0) is 48.5. The number of methoxy groups -OCH3 is 4. The molecule has 0 saturated carbocycles. The second kappa shape index (κ2) is 18.4. The van der Waals surface area contributed by atoms with E-state index in [1.807, 2.05) is 48.5 Å². The van der Waals surface area contributed by atoms with Gasteiger partial charge in [-0.25, -0.2) is 9.97 Å². The van der Waals surface area contributed by atoms with Crippen LogP contribution in [0.4, 0.5) is 0 Å². The van der Waals surface area contributed by atoms with Crippen molar-refractivity contribution in [2.24, 2.45) is 0 Å². The number of ether oxygens (including phenoxy) is 4. The maximum absolute atomic E-state index is 5.88. The van der Waals surface area contributed by atoms with Crippen molar-refractivity contribution >= 4 is 43.6 Å². The van der Waals surface area contributed by atoms with Crippen molar-refractivity contribution in [3.63, 3.8) is 0 Å². The van der Waals surface area contributed by atoms with Gasteiger partial charge in [0.2, 0.25) is 0 Å². The van der Waals surface area contributed by atoms with Crippen LogP contribution in [0.2, 0.25) is 0 Å². The van der Waals surface area contributed by atoms with Crippen molar-refractivity contribution in [1.82, 2.24) is 19.9 Å². The first-order chi connectivity index (χ1) is 35.5. The third-order valence-electron chi connectivity index (χ3n) is 14.1. The van der Waals surface area contributed by atoms with Crippen molar-refractivity contribution < 1.29 is 38.4 Å². The van der Waals surface area contributed by atoms with Crippen LogP contribution in [-0.4, -0.2) is 38.4 Å². The Morgan fingerprint density at radius 2 is 0.479 bits per heavy atom. The SMILES string of the molecule is COc1ccc(-c2c3nc(c(-c4ccc(OC)cc4)c4[n-]c(c(-c5ccc(OC)cc5)c5nc(c(-c6ccc(OC)cc6)c6[n-]c2c2ccccc62)-c2ccccc2-5)c2ccccc42)-c2ccccc2-3)cc1.[Zn+2]. The van der Waals surface area contributed by atoms with Crippen molar-refractivity contribution in [1.29, 1.82) is 0 Å². The van der Waals surface area contributed by atoms with Gasteiger partial charge < -0.3 is 28.9 Å². The maximum atomic E-state index is 5.88. The molecule has 4 heterocycles. The Balaban J connectivity index is 0.00000543. The Bertz CT molecular complexity index is 3600. The molecule has 0 radical (unpaired) electrons. The first-order valence-corrected chi connectivity index (χ1v) is 23.8. The molecule has 0 unspecified atom stereocenters. The van der Waals surface area contributed by atoms with Gasteiger partial charge in [-0.05, 0) is 115 Å². The Hall–Kier alpha value is -8.78. The fourth-order valence-electron chi connectivity index (χ4n) is 10.6. The van der Waals surface area contributed by atoms with Gasteiger partial charge in [0.15, 0.2) is 0 Å². The molecule has 3 aliphatic rings. The van der Waals surface area contributed by atoms with Crippen LogP contribution in [0.3, 0.4) is 0 Å². The minimum atomic E-state index is 0. The minimum Gasteiger partial charge on any atom is -0.656 e. The van der Waals surface area contributed by atoms with Gasteiger partial charge in [0.05, 0.1) is 51.2 Å².